The number of carbonyl (C=O) groups is 3. The number of anilines is 3. The average Bonchev–Trinajstić information content (AvgIpc) is 1.67. The van der Waals surface area contributed by atoms with Gasteiger partial charge in [0.05, 0.1) is 76.8 Å². The van der Waals surface area contributed by atoms with E-state index in [0.717, 1.165) is 44.3 Å². The summed E-state index contributed by atoms with van der Waals surface area (Å²) in [6.45, 7) is 1.00. The Morgan fingerprint density at radius 3 is 1.28 bits per heavy atom. The number of amides is 3. The highest BCUT2D eigenvalue weighted by Gasteiger charge is 2.40. The van der Waals surface area contributed by atoms with Crippen LogP contribution in [0.15, 0.2) is 140 Å². The average molecular weight is 1450 g/mol. The molecule has 514 valence electrons. The van der Waals surface area contributed by atoms with Crippen LogP contribution in [0.2, 0.25) is 10.0 Å². The third kappa shape index (κ3) is 14.2. The van der Waals surface area contributed by atoms with Gasteiger partial charge in [-0.1, -0.05) is 59.6 Å². The van der Waals surface area contributed by atoms with Gasteiger partial charge in [-0.15, -0.1) is 0 Å². The van der Waals surface area contributed by atoms with Crippen molar-refractivity contribution in [1.29, 1.82) is 0 Å². The van der Waals surface area contributed by atoms with E-state index in [1.165, 1.54) is 66.9 Å². The Kier molecular flexibility index (Phi) is 19.9. The largest absolute Gasteiger partial charge is 0.505 e. The molecule has 6 heterocycles. The first kappa shape index (κ1) is 70.2. The minimum absolute atomic E-state index is 0.0138. The molecule has 10 aromatic rings. The number of phenols is 1. The summed E-state index contributed by atoms with van der Waals surface area (Å²) in [7, 11) is -3.40. The monoisotopic (exact) mass is 1450 g/mol. The Hall–Kier alpha value is -10.1. The number of rotatable bonds is 18. The molecule has 7 aromatic carbocycles. The Labute approximate surface area is 578 Å². The summed E-state index contributed by atoms with van der Waals surface area (Å²) in [6, 6.07) is 33.4. The highest BCUT2D eigenvalue weighted by Crippen LogP contribution is 2.48. The van der Waals surface area contributed by atoms with Crippen LogP contribution in [-0.2, 0) is 76.0 Å². The van der Waals surface area contributed by atoms with Gasteiger partial charge in [-0.3, -0.25) is 42.3 Å². The number of methoxy groups -OCH3 is 2. The Bertz CT molecular complexity index is 5280. The first-order valence-electron chi connectivity index (χ1n) is 30.1. The molecular formula is C69H63Cl2F2N9O14S3. The van der Waals surface area contributed by atoms with Crippen LogP contribution in [0.3, 0.4) is 0 Å². The summed E-state index contributed by atoms with van der Waals surface area (Å²) in [5.74, 6) is -0.510. The number of halogens is 4. The van der Waals surface area contributed by atoms with Crippen LogP contribution >= 0.6 is 23.2 Å². The van der Waals surface area contributed by atoms with Crippen molar-refractivity contribution in [2.45, 2.75) is 45.9 Å². The molecule has 0 atom stereocenters. The number of hydrogen-bond acceptors (Lipinski definition) is 17. The normalized spacial score (nSPS) is 13.3. The number of nitrogens with one attached hydrogen (secondary N) is 1. The lowest BCUT2D eigenvalue weighted by atomic mass is 10.0. The topological polar surface area (TPSA) is 278 Å². The van der Waals surface area contributed by atoms with Gasteiger partial charge in [0.1, 0.15) is 52.9 Å². The molecule has 99 heavy (non-hydrogen) atoms. The molecule has 3 aliphatic rings. The van der Waals surface area contributed by atoms with E-state index in [0.29, 0.717) is 89.1 Å². The van der Waals surface area contributed by atoms with E-state index in [-0.39, 0.29) is 95.9 Å². The second-order valence-corrected chi connectivity index (χ2v) is 30.1. The lowest BCUT2D eigenvalue weighted by molar-refractivity contribution is 0.0756. The standard InChI is InChI=1S/C28H25ClFN3O5S.C21H21N3O5S.C20H17ClFN3O4S/c1-32(39(3,35)36)26-20-5-4-12-31-25(20)27(38-16-17-6-9-19(37-2)10-7-17)24-21(26)15-33(28(24)34)14-18-8-11-23(30)22(29)13-18;1-24(30(3,26)27)19-15-5-4-10-22-18(15)20(17-16(19)11-23-21(17)25)29-12-13-6-8-14(28-2)9-7-13;1-24(30(2,28)29)18-12-4-3-7-23-17(12)19(26)16-13(18)10-25(20(16)27)9-11-5-6-15(22)14(21)8-11/h4-13H,14-16H2,1-3H3;4-10H,11-12H2,1-3H3,(H,23,25);3-8,26H,9-10H2,1-2H3. The molecule has 0 saturated carbocycles. The van der Waals surface area contributed by atoms with Gasteiger partial charge in [0.25, 0.3) is 17.7 Å². The molecule has 2 N–H and O–H groups in total. The summed E-state index contributed by atoms with van der Waals surface area (Å²) in [4.78, 5) is 55.7. The highest BCUT2D eigenvalue weighted by molar-refractivity contribution is 7.92. The maximum atomic E-state index is 13.9. The van der Waals surface area contributed by atoms with Crippen LogP contribution in [0.5, 0.6) is 28.7 Å². The van der Waals surface area contributed by atoms with Gasteiger partial charge in [0.2, 0.25) is 30.1 Å². The summed E-state index contributed by atoms with van der Waals surface area (Å²) in [5.41, 5.74) is 7.05. The fourth-order valence-corrected chi connectivity index (χ4v) is 13.8. The van der Waals surface area contributed by atoms with Crippen LogP contribution in [0.4, 0.5) is 25.8 Å². The summed E-state index contributed by atoms with van der Waals surface area (Å²) < 4.78 is 128. The van der Waals surface area contributed by atoms with Crippen molar-refractivity contribution in [3.8, 4) is 28.7 Å². The SMILES string of the molecule is CN(c1c2c(c(O)c3ncccc13)C(=O)N(Cc1ccc(F)c(Cl)c1)C2)S(C)(=O)=O.COc1ccc(COc2c3c(c(N(C)S(C)(=O)=O)c4cccnc24)CN(Cc2ccc(F)c(Cl)c2)C3=O)cc1.COc1ccc(COc2c3c(c(N(C)S(C)(=O)=O)c4cccnc24)CNC3=O)cc1. The van der Waals surface area contributed by atoms with Crippen LogP contribution < -0.4 is 37.2 Å². The van der Waals surface area contributed by atoms with Gasteiger partial charge in [0.15, 0.2) is 17.2 Å². The second kappa shape index (κ2) is 28.0. The molecule has 0 radical (unpaired) electrons. The van der Waals surface area contributed by atoms with Crippen molar-refractivity contribution in [2.75, 3.05) is 67.0 Å². The molecule has 0 saturated heterocycles. The molecular weight excluding hydrogens is 1380 g/mol. The second-order valence-electron chi connectivity index (χ2n) is 23.3. The molecule has 0 bridgehead atoms. The number of phenolic OH excluding ortho intramolecular Hbond substituents is 1. The maximum absolute atomic E-state index is 13.9. The molecule has 13 rings (SSSR count). The molecule has 0 unspecified atom stereocenters. The zero-order valence-electron chi connectivity index (χ0n) is 54.3. The van der Waals surface area contributed by atoms with Crippen LogP contribution in [0, 0.1) is 11.6 Å². The van der Waals surface area contributed by atoms with E-state index < -0.39 is 47.6 Å². The predicted molar refractivity (Wildman–Crippen MR) is 372 cm³/mol. The van der Waals surface area contributed by atoms with E-state index in [9.17, 15) is 53.5 Å². The molecule has 23 nitrogen and oxygen atoms in total. The molecule has 3 amide bonds. The molecule has 30 heteroatoms. The minimum Gasteiger partial charge on any atom is -0.505 e. The van der Waals surface area contributed by atoms with Crippen molar-refractivity contribution in [3.63, 3.8) is 0 Å². The molecule has 3 aromatic heterocycles. The van der Waals surface area contributed by atoms with Crippen LogP contribution in [0.1, 0.15) is 70.0 Å². The van der Waals surface area contributed by atoms with Gasteiger partial charge in [0, 0.05) is 105 Å². The van der Waals surface area contributed by atoms with Gasteiger partial charge in [-0.05, 0) is 107 Å². The first-order valence-corrected chi connectivity index (χ1v) is 36.4. The Morgan fingerprint density at radius 1 is 0.515 bits per heavy atom. The van der Waals surface area contributed by atoms with Crippen molar-refractivity contribution in [3.05, 3.63) is 217 Å². The van der Waals surface area contributed by atoms with E-state index in [1.807, 2.05) is 48.5 Å². The van der Waals surface area contributed by atoms with Gasteiger partial charge >= 0.3 is 0 Å². The molecule has 0 fully saturated rings. The summed E-state index contributed by atoms with van der Waals surface area (Å²) >= 11 is 11.8. The minimum atomic E-state index is -3.68. The third-order valence-electron chi connectivity index (χ3n) is 16.9. The van der Waals surface area contributed by atoms with Crippen LogP contribution in [0.25, 0.3) is 32.7 Å². The first-order chi connectivity index (χ1) is 47.0. The van der Waals surface area contributed by atoms with E-state index in [2.05, 4.69) is 20.3 Å². The number of hydrogen-bond donors (Lipinski definition) is 2. The number of carbonyl (C=O) groups excluding carboxylic acids is 3. The van der Waals surface area contributed by atoms with E-state index >= 15 is 0 Å². The molecule has 0 spiro atoms. The van der Waals surface area contributed by atoms with Crippen molar-refractivity contribution < 1.29 is 72.5 Å². The van der Waals surface area contributed by atoms with E-state index in [4.69, 9.17) is 42.1 Å². The zero-order valence-corrected chi connectivity index (χ0v) is 58.3. The lowest BCUT2D eigenvalue weighted by Crippen LogP contribution is -2.26. The fourth-order valence-electron chi connectivity index (χ4n) is 11.8. The maximum Gasteiger partial charge on any atom is 0.258 e. The zero-order chi connectivity index (χ0) is 71.2. The van der Waals surface area contributed by atoms with Crippen molar-refractivity contribution in [2.24, 2.45) is 0 Å². The quantitative estimate of drug-likeness (QED) is 0.0807. The van der Waals surface area contributed by atoms with Gasteiger partial charge in [-0.25, -0.2) is 34.0 Å². The number of fused-ring (bicyclic) bond motifs is 6. The fraction of sp³-hybridized carbons (Fsp3) is 0.217. The van der Waals surface area contributed by atoms with E-state index in [1.54, 1.807) is 74.0 Å². The number of nitrogens with zero attached hydrogens (tertiary/aromatic N) is 8. The predicted octanol–water partition coefficient (Wildman–Crippen LogP) is 10.9. The molecule has 0 aliphatic carbocycles. The molecule has 3 aliphatic heterocycles. The van der Waals surface area contributed by atoms with Crippen molar-refractivity contribution >= 4 is 121 Å². The summed E-state index contributed by atoms with van der Waals surface area (Å²) in [5, 5.41) is 15.0. The number of aromatic nitrogens is 3. The smallest absolute Gasteiger partial charge is 0.258 e. The number of pyridine rings is 3. The lowest BCUT2D eigenvalue weighted by Gasteiger charge is -2.23. The third-order valence-corrected chi connectivity index (χ3v) is 21.0. The van der Waals surface area contributed by atoms with Gasteiger partial charge < -0.3 is 39.2 Å². The Morgan fingerprint density at radius 2 is 0.879 bits per heavy atom. The summed E-state index contributed by atoms with van der Waals surface area (Å²) in [6.07, 6.45) is 7.90. The van der Waals surface area contributed by atoms with Crippen molar-refractivity contribution in [1.82, 2.24) is 30.1 Å². The Balaban J connectivity index is 0.000000152. The van der Waals surface area contributed by atoms with Gasteiger partial charge in [-0.2, -0.15) is 0 Å². The number of aromatic hydroxyl groups is 1. The number of sulfonamides is 3. The highest BCUT2D eigenvalue weighted by atomic mass is 35.5. The number of benzene rings is 7. The van der Waals surface area contributed by atoms with Crippen LogP contribution in [-0.4, -0.2) is 127 Å². The number of ether oxygens (including phenoxy) is 4.